The Bertz CT molecular complexity index is 1260. The number of hydrogen-bond acceptors (Lipinski definition) is 6. The van der Waals surface area contributed by atoms with Crippen LogP contribution in [0.4, 0.5) is 5.69 Å². The number of rotatable bonds is 9. The molecule has 0 saturated carbocycles. The molecular formula is C26H23N3O5. The van der Waals surface area contributed by atoms with Gasteiger partial charge in [-0.05, 0) is 43.3 Å². The van der Waals surface area contributed by atoms with Gasteiger partial charge in [-0.3, -0.25) is 4.79 Å². The van der Waals surface area contributed by atoms with Crippen LogP contribution in [0.5, 0.6) is 17.2 Å². The minimum Gasteiger partial charge on any atom is -0.480 e. The van der Waals surface area contributed by atoms with Crippen LogP contribution in [0.25, 0.3) is 5.69 Å². The first kappa shape index (κ1) is 22.6. The Morgan fingerprint density at radius 3 is 2.29 bits per heavy atom. The van der Waals surface area contributed by atoms with Crippen molar-refractivity contribution in [3.8, 4) is 22.9 Å². The van der Waals surface area contributed by atoms with Gasteiger partial charge in [0.05, 0.1) is 24.2 Å². The molecular weight excluding hydrogens is 434 g/mol. The number of nitrogens with one attached hydrogen (secondary N) is 1. The largest absolute Gasteiger partial charge is 0.480 e. The lowest BCUT2D eigenvalue weighted by Gasteiger charge is -2.12. The second-order valence-electron chi connectivity index (χ2n) is 7.09. The molecule has 0 aliphatic carbocycles. The number of amides is 1. The van der Waals surface area contributed by atoms with Crippen LogP contribution in [-0.4, -0.2) is 34.9 Å². The van der Waals surface area contributed by atoms with Gasteiger partial charge in [0.25, 0.3) is 5.91 Å². The van der Waals surface area contributed by atoms with Gasteiger partial charge in [0, 0.05) is 0 Å². The van der Waals surface area contributed by atoms with Crippen LogP contribution in [0, 0.1) is 0 Å². The lowest BCUT2D eigenvalue weighted by Crippen LogP contribution is -2.21. The fraction of sp³-hybridized carbons (Fsp3) is 0.115. The van der Waals surface area contributed by atoms with Crippen molar-refractivity contribution in [3.63, 3.8) is 0 Å². The van der Waals surface area contributed by atoms with Crippen molar-refractivity contribution in [1.29, 1.82) is 0 Å². The summed E-state index contributed by atoms with van der Waals surface area (Å²) in [5.41, 5.74) is 1.22. The van der Waals surface area contributed by atoms with Gasteiger partial charge in [-0.2, -0.15) is 5.10 Å². The highest BCUT2D eigenvalue weighted by Gasteiger charge is 2.21. The van der Waals surface area contributed by atoms with Crippen molar-refractivity contribution in [2.75, 3.05) is 18.5 Å². The Balaban J connectivity index is 1.47. The number of anilines is 1. The van der Waals surface area contributed by atoms with Gasteiger partial charge in [0.1, 0.15) is 5.75 Å². The zero-order valence-corrected chi connectivity index (χ0v) is 18.5. The maximum absolute atomic E-state index is 12.6. The minimum absolute atomic E-state index is 0.00804. The molecule has 34 heavy (non-hydrogen) atoms. The van der Waals surface area contributed by atoms with Crippen molar-refractivity contribution in [1.82, 2.24) is 9.78 Å². The predicted molar refractivity (Wildman–Crippen MR) is 127 cm³/mol. The summed E-state index contributed by atoms with van der Waals surface area (Å²) in [5, 5.41) is 7.07. The molecule has 0 spiro atoms. The van der Waals surface area contributed by atoms with Crippen molar-refractivity contribution in [3.05, 3.63) is 96.8 Å². The Morgan fingerprint density at radius 2 is 1.56 bits per heavy atom. The number of carbonyl (C=O) groups is 2. The summed E-state index contributed by atoms with van der Waals surface area (Å²) in [5.74, 6) is 0.228. The van der Waals surface area contributed by atoms with Gasteiger partial charge in [-0.1, -0.05) is 48.5 Å². The summed E-state index contributed by atoms with van der Waals surface area (Å²) >= 11 is 0. The van der Waals surface area contributed by atoms with Crippen LogP contribution in [0.2, 0.25) is 0 Å². The van der Waals surface area contributed by atoms with E-state index in [0.717, 1.165) is 5.69 Å². The molecule has 0 saturated heterocycles. The highest BCUT2D eigenvalue weighted by molar-refractivity contribution is 5.94. The highest BCUT2D eigenvalue weighted by atomic mass is 16.5. The van der Waals surface area contributed by atoms with E-state index >= 15 is 0 Å². The van der Waals surface area contributed by atoms with Crippen molar-refractivity contribution < 1.29 is 23.8 Å². The van der Waals surface area contributed by atoms with Crippen LogP contribution in [0.15, 0.2) is 91.1 Å². The Hall–Kier alpha value is -4.59. The number of aromatic nitrogens is 2. The van der Waals surface area contributed by atoms with E-state index in [0.29, 0.717) is 17.2 Å². The van der Waals surface area contributed by atoms with Crippen LogP contribution >= 0.6 is 0 Å². The molecule has 0 radical (unpaired) electrons. The summed E-state index contributed by atoms with van der Waals surface area (Å²) in [7, 11) is 0. The van der Waals surface area contributed by atoms with Gasteiger partial charge in [0.2, 0.25) is 5.69 Å². The molecule has 0 unspecified atom stereocenters. The zero-order valence-electron chi connectivity index (χ0n) is 18.5. The molecule has 8 nitrogen and oxygen atoms in total. The molecule has 1 N–H and O–H groups in total. The number of nitrogens with zero attached hydrogens (tertiary/aromatic N) is 2. The van der Waals surface area contributed by atoms with Crippen molar-refractivity contribution >= 4 is 17.6 Å². The minimum atomic E-state index is -0.630. The topological polar surface area (TPSA) is 91.7 Å². The number of carbonyl (C=O) groups excluding carboxylic acids is 2. The third kappa shape index (κ3) is 5.60. The normalized spacial score (nSPS) is 10.4. The summed E-state index contributed by atoms with van der Waals surface area (Å²) in [4.78, 5) is 25.0. The number of ether oxygens (including phenoxy) is 3. The fourth-order valence-corrected chi connectivity index (χ4v) is 3.12. The van der Waals surface area contributed by atoms with E-state index in [1.165, 1.54) is 4.68 Å². The molecule has 1 heterocycles. The third-order valence-electron chi connectivity index (χ3n) is 4.66. The van der Waals surface area contributed by atoms with E-state index in [-0.39, 0.29) is 24.7 Å². The molecule has 8 heteroatoms. The molecule has 0 aliphatic heterocycles. The molecule has 3 aromatic carbocycles. The van der Waals surface area contributed by atoms with Crippen LogP contribution < -0.4 is 14.8 Å². The van der Waals surface area contributed by atoms with Gasteiger partial charge in [-0.15, -0.1) is 0 Å². The summed E-state index contributed by atoms with van der Waals surface area (Å²) < 4.78 is 18.1. The van der Waals surface area contributed by atoms with Gasteiger partial charge >= 0.3 is 5.97 Å². The Kier molecular flexibility index (Phi) is 7.19. The standard InChI is InChI=1S/C26H23N3O5/c1-2-32-26(31)25-23(17-29(28-25)19-11-5-3-6-12-19)33-18-24(30)27-21-15-9-10-16-22(21)34-20-13-7-4-8-14-20/h3-17H,2,18H2,1H3,(H,27,30). The van der Waals surface area contributed by atoms with E-state index in [9.17, 15) is 9.59 Å². The predicted octanol–water partition coefficient (Wildman–Crippen LogP) is 4.86. The molecule has 0 fully saturated rings. The second kappa shape index (κ2) is 10.8. The molecule has 0 bridgehead atoms. The van der Waals surface area contributed by atoms with Crippen molar-refractivity contribution in [2.24, 2.45) is 0 Å². The van der Waals surface area contributed by atoms with E-state index in [1.807, 2.05) is 66.7 Å². The first-order valence-corrected chi connectivity index (χ1v) is 10.7. The van der Waals surface area contributed by atoms with Crippen molar-refractivity contribution in [2.45, 2.75) is 6.92 Å². The summed E-state index contributed by atoms with van der Waals surface area (Å²) in [6.45, 7) is 1.55. The molecule has 4 rings (SSSR count). The molecule has 1 aromatic heterocycles. The lowest BCUT2D eigenvalue weighted by atomic mass is 10.3. The number of hydrogen-bond donors (Lipinski definition) is 1. The zero-order chi connectivity index (χ0) is 23.8. The molecule has 1 amide bonds. The Labute approximate surface area is 196 Å². The first-order chi connectivity index (χ1) is 16.6. The monoisotopic (exact) mass is 457 g/mol. The molecule has 0 aliphatic rings. The highest BCUT2D eigenvalue weighted by Crippen LogP contribution is 2.29. The van der Waals surface area contributed by atoms with Crippen LogP contribution in [0.3, 0.4) is 0 Å². The van der Waals surface area contributed by atoms with E-state index < -0.39 is 11.9 Å². The first-order valence-electron chi connectivity index (χ1n) is 10.7. The third-order valence-corrected chi connectivity index (χ3v) is 4.66. The quantitative estimate of drug-likeness (QED) is 0.361. The SMILES string of the molecule is CCOC(=O)c1nn(-c2ccccc2)cc1OCC(=O)Nc1ccccc1Oc1ccccc1. The number of esters is 1. The smallest absolute Gasteiger partial charge is 0.362 e. The average molecular weight is 457 g/mol. The van der Waals surface area contributed by atoms with Gasteiger partial charge in [0.15, 0.2) is 18.1 Å². The number of para-hydroxylation sites is 4. The maximum atomic E-state index is 12.6. The number of benzene rings is 3. The van der Waals surface area contributed by atoms with Gasteiger partial charge < -0.3 is 19.5 Å². The molecule has 4 aromatic rings. The summed E-state index contributed by atoms with van der Waals surface area (Å²) in [6.07, 6.45) is 1.54. The summed E-state index contributed by atoms with van der Waals surface area (Å²) in [6, 6.07) is 25.6. The lowest BCUT2D eigenvalue weighted by molar-refractivity contribution is -0.118. The second-order valence-corrected chi connectivity index (χ2v) is 7.09. The van der Waals surface area contributed by atoms with Crippen LogP contribution in [0.1, 0.15) is 17.4 Å². The van der Waals surface area contributed by atoms with E-state index in [2.05, 4.69) is 10.4 Å². The molecule has 172 valence electrons. The van der Waals surface area contributed by atoms with Gasteiger partial charge in [-0.25, -0.2) is 9.48 Å². The fourth-order valence-electron chi connectivity index (χ4n) is 3.12. The average Bonchev–Trinajstić information content (AvgIpc) is 3.30. The van der Waals surface area contributed by atoms with E-state index in [1.54, 1.807) is 31.3 Å². The molecule has 0 atom stereocenters. The van der Waals surface area contributed by atoms with E-state index in [4.69, 9.17) is 14.2 Å². The van der Waals surface area contributed by atoms with Crippen LogP contribution in [-0.2, 0) is 9.53 Å². The Morgan fingerprint density at radius 1 is 0.882 bits per heavy atom. The maximum Gasteiger partial charge on any atom is 0.362 e.